The van der Waals surface area contributed by atoms with Gasteiger partial charge in [0.2, 0.25) is 0 Å². The molecule has 4 N–H and O–H groups in total. The van der Waals surface area contributed by atoms with Crippen LogP contribution in [0.15, 0.2) is 0 Å². The van der Waals surface area contributed by atoms with Gasteiger partial charge in [0.25, 0.3) is 0 Å². The van der Waals surface area contributed by atoms with Gasteiger partial charge in [0.15, 0.2) is 0 Å². The predicted molar refractivity (Wildman–Crippen MR) is 23.3 cm³/mol. The number of hydrogen-bond acceptors (Lipinski definition) is 4. The van der Waals surface area contributed by atoms with Gasteiger partial charge in [-0.1, -0.05) is 0 Å². The molecule has 0 aromatic rings. The van der Waals surface area contributed by atoms with Gasteiger partial charge < -0.3 is 19.8 Å². The minimum absolute atomic E-state index is 0. The summed E-state index contributed by atoms with van der Waals surface area (Å²) in [5, 5.41) is 15.5. The van der Waals surface area contributed by atoms with Crippen LogP contribution in [0.25, 0.3) is 0 Å². The van der Waals surface area contributed by atoms with Crippen LogP contribution in [0, 0.1) is 0 Å². The number of phosphoric acid groups is 1. The summed E-state index contributed by atoms with van der Waals surface area (Å²) in [7, 11) is -7.14. The van der Waals surface area contributed by atoms with Crippen LogP contribution in [-0.4, -0.2) is 27.2 Å². The molecule has 0 aromatic carbocycles. The molecule has 0 aliphatic carbocycles. The molecule has 0 aromatic heterocycles. The number of rotatable bonds is 2. The van der Waals surface area contributed by atoms with Crippen molar-refractivity contribution in [2.45, 2.75) is 0 Å². The molecule has 0 saturated carbocycles. The molecule has 0 spiro atoms. The molecule has 6 nitrogen and oxygen atoms in total. The minimum Gasteiger partial charge on any atom is -0.401 e. The summed E-state index contributed by atoms with van der Waals surface area (Å²) in [6, 6.07) is 0. The van der Waals surface area contributed by atoms with Gasteiger partial charge in [-0.25, -0.2) is 4.57 Å². The Bertz CT molecular complexity index is 106. The van der Waals surface area contributed by atoms with Gasteiger partial charge in [0.05, 0.1) is 0 Å². The van der Waals surface area contributed by atoms with E-state index in [1.807, 2.05) is 0 Å². The maximum absolute atomic E-state index is 9.59. The molecule has 0 unspecified atom stereocenters. The minimum atomic E-state index is -4.72. The van der Waals surface area contributed by atoms with Crippen LogP contribution in [0.5, 0.6) is 0 Å². The summed E-state index contributed by atoms with van der Waals surface area (Å²) in [5.41, 5.74) is 0. The first kappa shape index (κ1) is 12.3. The molecule has 0 saturated heterocycles. The van der Waals surface area contributed by atoms with Crippen molar-refractivity contribution in [3.63, 3.8) is 0 Å². The van der Waals surface area contributed by atoms with E-state index in [0.29, 0.717) is 0 Å². The van der Waals surface area contributed by atoms with Crippen LogP contribution < -0.4 is 0 Å². The van der Waals surface area contributed by atoms with E-state index in [0.717, 1.165) is 0 Å². The fraction of sp³-hybridized carbons (Fsp3) is 0. The van der Waals surface area contributed by atoms with Gasteiger partial charge in [-0.2, -0.15) is 0 Å². The second kappa shape index (κ2) is 4.42. The van der Waals surface area contributed by atoms with E-state index in [9.17, 15) is 4.57 Å². The zero-order valence-electron chi connectivity index (χ0n) is 3.96. The summed E-state index contributed by atoms with van der Waals surface area (Å²) >= 11 is 0. The van der Waals surface area contributed by atoms with E-state index in [1.54, 1.807) is 0 Å². The van der Waals surface area contributed by atoms with Crippen molar-refractivity contribution in [3.05, 3.63) is 0 Å². The summed E-state index contributed by atoms with van der Waals surface area (Å²) < 4.78 is 12.8. The van der Waals surface area contributed by atoms with Crippen molar-refractivity contribution in [2.24, 2.45) is 0 Å². The first-order chi connectivity index (χ1) is 3.42. The molecule has 1 radical (unpaired) electrons. The maximum Gasteiger partial charge on any atom is 0.642 e. The summed E-state index contributed by atoms with van der Waals surface area (Å²) in [6.07, 6.45) is 0. The van der Waals surface area contributed by atoms with Crippen LogP contribution in [0.3, 0.4) is 0 Å². The van der Waals surface area contributed by atoms with Crippen molar-refractivity contribution < 1.29 is 45.6 Å². The molecule has 0 aliphatic heterocycles. The van der Waals surface area contributed by atoms with E-state index >= 15 is 0 Å². The summed E-state index contributed by atoms with van der Waals surface area (Å²) in [6.45, 7) is 0. The van der Waals surface area contributed by atoms with Gasteiger partial charge in [0.1, 0.15) is 0 Å². The van der Waals surface area contributed by atoms with Crippen molar-refractivity contribution in [1.82, 2.24) is 0 Å². The average molecular weight is 201 g/mol. The van der Waals surface area contributed by atoms with Crippen molar-refractivity contribution in [2.75, 3.05) is 0 Å². The smallest absolute Gasteiger partial charge is 0.401 e. The zero-order valence-corrected chi connectivity index (χ0v) is 5.90. The fourth-order valence-electron chi connectivity index (χ4n) is 0.123. The fourth-order valence-corrected chi connectivity index (χ4v) is 0.368. The first-order valence-corrected chi connectivity index (χ1v) is 3.05. The third-order valence-electron chi connectivity index (χ3n) is 0.232. The molecule has 0 heterocycles. The molecule has 0 atom stereocenters. The molecule has 0 bridgehead atoms. The van der Waals surface area contributed by atoms with Crippen molar-refractivity contribution >= 4 is 15.1 Å². The Morgan fingerprint density at radius 2 is 1.67 bits per heavy atom. The van der Waals surface area contributed by atoms with Gasteiger partial charge >= 0.3 is 15.1 Å². The van der Waals surface area contributed by atoms with Crippen molar-refractivity contribution in [3.8, 4) is 0 Å². The van der Waals surface area contributed by atoms with Gasteiger partial charge in [0, 0.05) is 16.8 Å². The SMILES string of the molecule is O=P(O)(O)OB(O)O.[Co]. The van der Waals surface area contributed by atoms with Gasteiger partial charge in [-0.3, -0.25) is 4.44 Å². The Balaban J connectivity index is 0. The molecule has 9 heteroatoms. The quantitative estimate of drug-likeness (QED) is 0.305. The van der Waals surface area contributed by atoms with Crippen LogP contribution in [-0.2, 0) is 25.8 Å². The summed E-state index contributed by atoms with van der Waals surface area (Å²) in [5.74, 6) is 0. The second-order valence-electron chi connectivity index (χ2n) is 0.922. The molecule has 0 amide bonds. The van der Waals surface area contributed by atoms with Gasteiger partial charge in [-0.15, -0.1) is 0 Å². The van der Waals surface area contributed by atoms with Crippen molar-refractivity contribution in [1.29, 1.82) is 0 Å². The topological polar surface area (TPSA) is 107 Å². The molecule has 0 aliphatic rings. The van der Waals surface area contributed by atoms with E-state index in [-0.39, 0.29) is 16.8 Å². The third kappa shape index (κ3) is 11.9. The third-order valence-corrected chi connectivity index (χ3v) is 0.695. The zero-order chi connectivity index (χ0) is 6.78. The van der Waals surface area contributed by atoms with Gasteiger partial charge in [-0.05, 0) is 0 Å². The van der Waals surface area contributed by atoms with E-state index in [4.69, 9.17) is 19.8 Å². The first-order valence-electron chi connectivity index (χ1n) is 1.52. The van der Waals surface area contributed by atoms with Crippen LogP contribution >= 0.6 is 7.82 Å². The maximum atomic E-state index is 9.59. The average Bonchev–Trinajstić information content (AvgIpc) is 1.21. The Labute approximate surface area is 61.5 Å². The molecule has 57 valence electrons. The molecular weight excluding hydrogens is 197 g/mol. The second-order valence-corrected chi connectivity index (χ2v) is 2.11. The molecular formula is H4BCoO6P. The molecule has 0 rings (SSSR count). The van der Waals surface area contributed by atoms with E-state index in [1.165, 1.54) is 0 Å². The monoisotopic (exact) mass is 201 g/mol. The Morgan fingerprint density at radius 3 is 1.67 bits per heavy atom. The van der Waals surface area contributed by atoms with E-state index in [2.05, 4.69) is 4.44 Å². The predicted octanol–water partition coefficient (Wildman–Crippen LogP) is -1.94. The van der Waals surface area contributed by atoms with Crippen LogP contribution in [0.1, 0.15) is 0 Å². The molecule has 0 fully saturated rings. The van der Waals surface area contributed by atoms with Crippen LogP contribution in [0.4, 0.5) is 0 Å². The summed E-state index contributed by atoms with van der Waals surface area (Å²) in [4.78, 5) is 15.5. The largest absolute Gasteiger partial charge is 0.642 e. The Kier molecular flexibility index (Phi) is 6.04. The van der Waals surface area contributed by atoms with Crippen LogP contribution in [0.2, 0.25) is 0 Å². The standard InChI is InChI=1S/BH4O6P.Co/c2-1(3)7-8(4,5)6;/h2-3H,(H2,4,5,6);. The molecule has 9 heavy (non-hydrogen) atoms. The number of hydrogen-bond donors (Lipinski definition) is 4. The Hall–Kier alpha value is 0.601. The Morgan fingerprint density at radius 1 is 1.33 bits per heavy atom. The van der Waals surface area contributed by atoms with E-state index < -0.39 is 15.1 Å². The normalized spacial score (nSPS) is 10.2.